The fourth-order valence-corrected chi connectivity index (χ4v) is 4.58. The molecular formula is C24H31N3O4S. The van der Waals surface area contributed by atoms with Gasteiger partial charge in [0.2, 0.25) is 5.75 Å². The standard InChI is InChI=1S/C24H31N3O4S/c1-30-19-14-17(15-20(31-2)22(19)28)16-21-23(29)27(13-9-4-3-8-12-25)24(32-21)26-18-10-6-5-7-11-18/h5-7,10,14-16,18,28H,3-4,8-9,11-13,25H2,1-2H3/b21-16+,26-24?. The Balaban J connectivity index is 1.85. The van der Waals surface area contributed by atoms with Crippen molar-refractivity contribution in [2.45, 2.75) is 38.1 Å². The van der Waals surface area contributed by atoms with Crippen LogP contribution in [0.25, 0.3) is 6.08 Å². The van der Waals surface area contributed by atoms with E-state index in [0.717, 1.165) is 37.3 Å². The Morgan fingerprint density at radius 2 is 1.91 bits per heavy atom. The lowest BCUT2D eigenvalue weighted by molar-refractivity contribution is -0.122. The van der Waals surface area contributed by atoms with Gasteiger partial charge in [-0.05, 0) is 61.3 Å². The topological polar surface area (TPSA) is 97.4 Å². The van der Waals surface area contributed by atoms with Crippen molar-refractivity contribution in [1.82, 2.24) is 4.90 Å². The highest BCUT2D eigenvalue weighted by atomic mass is 32.2. The lowest BCUT2D eigenvalue weighted by Crippen LogP contribution is -2.31. The minimum absolute atomic E-state index is 0.0308. The highest BCUT2D eigenvalue weighted by Gasteiger charge is 2.33. The lowest BCUT2D eigenvalue weighted by atomic mass is 10.1. The van der Waals surface area contributed by atoms with E-state index < -0.39 is 0 Å². The molecule has 1 saturated heterocycles. The highest BCUT2D eigenvalue weighted by molar-refractivity contribution is 8.18. The summed E-state index contributed by atoms with van der Waals surface area (Å²) in [6.07, 6.45) is 14.7. The van der Waals surface area contributed by atoms with Gasteiger partial charge in [0.15, 0.2) is 16.7 Å². The molecule has 1 aliphatic heterocycles. The van der Waals surface area contributed by atoms with Gasteiger partial charge in [-0.2, -0.15) is 0 Å². The number of aliphatic imine (C=N–C) groups is 1. The van der Waals surface area contributed by atoms with Crippen LogP contribution in [-0.2, 0) is 4.79 Å². The molecule has 172 valence electrons. The van der Waals surface area contributed by atoms with E-state index in [1.54, 1.807) is 23.1 Å². The first-order valence-electron chi connectivity index (χ1n) is 10.8. The van der Waals surface area contributed by atoms with Gasteiger partial charge in [-0.25, -0.2) is 0 Å². The molecule has 32 heavy (non-hydrogen) atoms. The monoisotopic (exact) mass is 457 g/mol. The number of methoxy groups -OCH3 is 2. The Morgan fingerprint density at radius 1 is 1.19 bits per heavy atom. The average Bonchev–Trinajstić information content (AvgIpc) is 3.09. The summed E-state index contributed by atoms with van der Waals surface area (Å²) in [5, 5.41) is 10.9. The number of phenolic OH excluding ortho intramolecular Hbond substituents is 1. The molecule has 1 heterocycles. The third-order valence-corrected chi connectivity index (χ3v) is 6.28. The van der Waals surface area contributed by atoms with Gasteiger partial charge in [0.05, 0.1) is 25.2 Å². The number of aromatic hydroxyl groups is 1. The summed E-state index contributed by atoms with van der Waals surface area (Å²) in [6, 6.07) is 3.39. The summed E-state index contributed by atoms with van der Waals surface area (Å²) >= 11 is 1.38. The molecule has 2 aliphatic rings. The van der Waals surface area contributed by atoms with E-state index in [0.29, 0.717) is 23.6 Å². The van der Waals surface area contributed by atoms with Crippen molar-refractivity contribution in [3.63, 3.8) is 0 Å². The minimum Gasteiger partial charge on any atom is -0.502 e. The van der Waals surface area contributed by atoms with Gasteiger partial charge < -0.3 is 20.3 Å². The van der Waals surface area contributed by atoms with Crippen molar-refractivity contribution in [1.29, 1.82) is 0 Å². The molecule has 8 heteroatoms. The van der Waals surface area contributed by atoms with Crippen LogP contribution < -0.4 is 15.2 Å². The number of unbranched alkanes of at least 4 members (excludes halogenated alkanes) is 3. The number of amides is 1. The number of hydrogen-bond donors (Lipinski definition) is 2. The maximum atomic E-state index is 13.2. The number of benzene rings is 1. The van der Waals surface area contributed by atoms with Crippen LogP contribution in [0.5, 0.6) is 17.2 Å². The molecule has 1 amide bonds. The zero-order valence-corrected chi connectivity index (χ0v) is 19.4. The van der Waals surface area contributed by atoms with E-state index >= 15 is 0 Å². The number of carbonyl (C=O) groups excluding carboxylic acids is 1. The molecule has 0 spiro atoms. The third kappa shape index (κ3) is 5.95. The first-order valence-corrected chi connectivity index (χ1v) is 11.7. The van der Waals surface area contributed by atoms with E-state index in [-0.39, 0.29) is 29.2 Å². The number of hydrogen-bond acceptors (Lipinski definition) is 7. The van der Waals surface area contributed by atoms with Crippen LogP contribution in [0, 0.1) is 0 Å². The van der Waals surface area contributed by atoms with Gasteiger partial charge in [0, 0.05) is 6.54 Å². The Morgan fingerprint density at radius 3 is 2.53 bits per heavy atom. The molecule has 1 aromatic carbocycles. The van der Waals surface area contributed by atoms with Gasteiger partial charge in [-0.3, -0.25) is 14.7 Å². The van der Waals surface area contributed by atoms with Crippen molar-refractivity contribution < 1.29 is 19.4 Å². The van der Waals surface area contributed by atoms with Crippen LogP contribution in [0.15, 0.2) is 46.3 Å². The Labute approximate surface area is 193 Å². The predicted molar refractivity (Wildman–Crippen MR) is 130 cm³/mol. The molecule has 0 bridgehead atoms. The molecule has 1 fully saturated rings. The van der Waals surface area contributed by atoms with Crippen molar-refractivity contribution in [3.8, 4) is 17.2 Å². The van der Waals surface area contributed by atoms with Crippen molar-refractivity contribution in [3.05, 3.63) is 46.9 Å². The number of ether oxygens (including phenoxy) is 2. The summed E-state index contributed by atoms with van der Waals surface area (Å²) in [6.45, 7) is 1.32. The smallest absolute Gasteiger partial charge is 0.266 e. The molecule has 7 nitrogen and oxygen atoms in total. The van der Waals surface area contributed by atoms with Crippen LogP contribution in [0.3, 0.4) is 0 Å². The van der Waals surface area contributed by atoms with Crippen molar-refractivity contribution in [2.75, 3.05) is 27.3 Å². The first-order chi connectivity index (χ1) is 15.6. The molecule has 3 rings (SSSR count). The minimum atomic E-state index is -0.0685. The molecule has 0 radical (unpaired) electrons. The summed E-state index contributed by atoms with van der Waals surface area (Å²) in [5.41, 5.74) is 6.29. The van der Waals surface area contributed by atoms with Crippen molar-refractivity contribution in [2.24, 2.45) is 10.7 Å². The number of amidine groups is 1. The second kappa shape index (κ2) is 11.8. The summed E-state index contributed by atoms with van der Waals surface area (Å²) < 4.78 is 10.5. The summed E-state index contributed by atoms with van der Waals surface area (Å²) in [7, 11) is 2.95. The highest BCUT2D eigenvalue weighted by Crippen LogP contribution is 2.39. The van der Waals surface area contributed by atoms with E-state index in [9.17, 15) is 9.90 Å². The maximum Gasteiger partial charge on any atom is 0.266 e. The van der Waals surface area contributed by atoms with Gasteiger partial charge in [-0.15, -0.1) is 0 Å². The Kier molecular flexibility index (Phi) is 8.81. The number of carbonyl (C=O) groups is 1. The molecule has 0 aromatic heterocycles. The molecule has 1 atom stereocenters. The number of nitrogens with zero attached hydrogens (tertiary/aromatic N) is 2. The summed E-state index contributed by atoms with van der Waals surface area (Å²) in [5.74, 6) is 0.447. The quantitative estimate of drug-likeness (QED) is 0.406. The Hall–Kier alpha value is -2.71. The lowest BCUT2D eigenvalue weighted by Gasteiger charge is -2.17. The third-order valence-electron chi connectivity index (χ3n) is 5.26. The number of thioether (sulfide) groups is 1. The largest absolute Gasteiger partial charge is 0.502 e. The van der Waals surface area contributed by atoms with Gasteiger partial charge in [0.1, 0.15) is 0 Å². The number of allylic oxidation sites excluding steroid dienone is 2. The maximum absolute atomic E-state index is 13.2. The van der Waals surface area contributed by atoms with Crippen LogP contribution in [0.4, 0.5) is 0 Å². The van der Waals surface area contributed by atoms with E-state index in [1.165, 1.54) is 26.0 Å². The fraction of sp³-hybridized carbons (Fsp3) is 0.417. The molecule has 1 aliphatic carbocycles. The van der Waals surface area contributed by atoms with Crippen LogP contribution in [-0.4, -0.2) is 54.4 Å². The molecule has 1 aromatic rings. The van der Waals surface area contributed by atoms with Crippen LogP contribution >= 0.6 is 11.8 Å². The summed E-state index contributed by atoms with van der Waals surface area (Å²) in [4.78, 5) is 20.5. The van der Waals surface area contributed by atoms with Crippen LogP contribution in [0.2, 0.25) is 0 Å². The fourth-order valence-electron chi connectivity index (χ4n) is 3.52. The van der Waals surface area contributed by atoms with Crippen molar-refractivity contribution >= 4 is 28.9 Å². The average molecular weight is 458 g/mol. The van der Waals surface area contributed by atoms with Gasteiger partial charge in [-0.1, -0.05) is 37.1 Å². The zero-order chi connectivity index (χ0) is 22.9. The van der Waals surface area contributed by atoms with Crippen LogP contribution in [0.1, 0.15) is 37.7 Å². The predicted octanol–water partition coefficient (Wildman–Crippen LogP) is 4.09. The molecular weight excluding hydrogens is 426 g/mol. The normalized spacial score (nSPS) is 20.5. The second-order valence-corrected chi connectivity index (χ2v) is 8.58. The molecule has 0 saturated carbocycles. The van der Waals surface area contributed by atoms with Gasteiger partial charge in [0.25, 0.3) is 5.91 Å². The van der Waals surface area contributed by atoms with E-state index in [4.69, 9.17) is 20.2 Å². The number of phenols is 1. The van der Waals surface area contributed by atoms with E-state index in [1.807, 2.05) is 12.2 Å². The SMILES string of the molecule is COc1cc(/C=C2/SC(=NC3C=CC=CC3)N(CCCCCCN)C2=O)cc(OC)c1O. The van der Waals surface area contributed by atoms with E-state index in [2.05, 4.69) is 12.2 Å². The number of rotatable bonds is 10. The number of nitrogens with two attached hydrogens (primary N) is 1. The second-order valence-electron chi connectivity index (χ2n) is 7.57. The van der Waals surface area contributed by atoms with Gasteiger partial charge >= 0.3 is 0 Å². The Bertz CT molecular complexity index is 914. The molecule has 1 unspecified atom stereocenters. The zero-order valence-electron chi connectivity index (χ0n) is 18.6. The first kappa shape index (κ1) is 23.9. The molecule has 3 N–H and O–H groups in total.